The Labute approximate surface area is 168 Å². The van der Waals surface area contributed by atoms with Gasteiger partial charge in [-0.3, -0.25) is 14.5 Å². The summed E-state index contributed by atoms with van der Waals surface area (Å²) in [5.74, 6) is -1.63. The van der Waals surface area contributed by atoms with Crippen LogP contribution >= 0.6 is 0 Å². The minimum atomic E-state index is -0.581. The Bertz CT molecular complexity index is 917. The fraction of sp³-hybridized carbons (Fsp3) is 0.364. The predicted octanol–water partition coefficient (Wildman–Crippen LogP) is 3.13. The Morgan fingerprint density at radius 1 is 1.00 bits per heavy atom. The van der Waals surface area contributed by atoms with E-state index < -0.39 is 11.7 Å². The Kier molecular flexibility index (Phi) is 5.58. The molecule has 5 nitrogen and oxygen atoms in total. The zero-order valence-electron chi connectivity index (χ0n) is 16.0. The molecule has 2 aromatic carbocycles. The van der Waals surface area contributed by atoms with Gasteiger partial charge in [0.25, 0.3) is 0 Å². The number of amides is 2. The Morgan fingerprint density at radius 2 is 1.76 bits per heavy atom. The zero-order valence-corrected chi connectivity index (χ0v) is 16.0. The standard InChI is InChI=1S/C22H23F2N3O2/c23-16-4-2-15(3-5-16)14-26-8-1-9-27(11-10-26)22(29)19-13-21(28)25-20-12-17(24)6-7-18(19)20/h2-7,12,19H,1,8-11,13-14H2,(H,25,28). The molecule has 7 heteroatoms. The number of hydrogen-bond donors (Lipinski definition) is 1. The molecule has 29 heavy (non-hydrogen) atoms. The molecule has 1 unspecified atom stereocenters. The van der Waals surface area contributed by atoms with Crippen molar-refractivity contribution in [2.75, 3.05) is 31.5 Å². The first kappa shape index (κ1) is 19.5. The van der Waals surface area contributed by atoms with Crippen molar-refractivity contribution >= 4 is 17.5 Å². The van der Waals surface area contributed by atoms with Crippen LogP contribution in [0, 0.1) is 11.6 Å². The summed E-state index contributed by atoms with van der Waals surface area (Å²) in [5, 5.41) is 2.65. The second kappa shape index (κ2) is 8.29. The minimum Gasteiger partial charge on any atom is -0.341 e. The molecule has 0 aromatic heterocycles. The van der Waals surface area contributed by atoms with Crippen molar-refractivity contribution in [1.29, 1.82) is 0 Å². The fourth-order valence-electron chi connectivity index (χ4n) is 4.08. The first-order chi connectivity index (χ1) is 14.0. The van der Waals surface area contributed by atoms with Gasteiger partial charge in [-0.1, -0.05) is 18.2 Å². The summed E-state index contributed by atoms with van der Waals surface area (Å²) < 4.78 is 26.6. The molecule has 152 valence electrons. The molecule has 0 spiro atoms. The van der Waals surface area contributed by atoms with Crippen LogP contribution in [0.25, 0.3) is 0 Å². The smallest absolute Gasteiger partial charge is 0.230 e. The van der Waals surface area contributed by atoms with E-state index in [9.17, 15) is 18.4 Å². The van der Waals surface area contributed by atoms with E-state index >= 15 is 0 Å². The third-order valence-electron chi connectivity index (χ3n) is 5.57. The van der Waals surface area contributed by atoms with E-state index in [2.05, 4.69) is 10.2 Å². The average Bonchev–Trinajstić information content (AvgIpc) is 2.94. The number of fused-ring (bicyclic) bond motifs is 1. The lowest BCUT2D eigenvalue weighted by Crippen LogP contribution is -2.40. The van der Waals surface area contributed by atoms with E-state index in [1.165, 1.54) is 24.3 Å². The molecule has 2 amide bonds. The van der Waals surface area contributed by atoms with E-state index in [0.29, 0.717) is 37.4 Å². The minimum absolute atomic E-state index is 0.0766. The number of benzene rings is 2. The largest absolute Gasteiger partial charge is 0.341 e. The molecule has 2 aliphatic heterocycles. The number of anilines is 1. The third-order valence-corrected chi connectivity index (χ3v) is 5.57. The van der Waals surface area contributed by atoms with Gasteiger partial charge in [0.05, 0.1) is 5.92 Å². The second-order valence-corrected chi connectivity index (χ2v) is 7.62. The Balaban J connectivity index is 1.43. The number of hydrogen-bond acceptors (Lipinski definition) is 3. The quantitative estimate of drug-likeness (QED) is 0.863. The number of halogens is 2. The van der Waals surface area contributed by atoms with Crippen LogP contribution < -0.4 is 5.32 Å². The Hall–Kier alpha value is -2.80. The number of carbonyl (C=O) groups excluding carboxylic acids is 2. The molecule has 1 saturated heterocycles. The van der Waals surface area contributed by atoms with Crippen molar-refractivity contribution in [2.24, 2.45) is 0 Å². The normalized spacial score (nSPS) is 20.0. The summed E-state index contributed by atoms with van der Waals surface area (Å²) in [5.41, 5.74) is 2.09. The molecule has 1 N–H and O–H groups in total. The lowest BCUT2D eigenvalue weighted by molar-refractivity contribution is -0.134. The van der Waals surface area contributed by atoms with Crippen LogP contribution in [0.2, 0.25) is 0 Å². The lowest BCUT2D eigenvalue weighted by Gasteiger charge is -2.30. The van der Waals surface area contributed by atoms with Gasteiger partial charge in [-0.2, -0.15) is 0 Å². The predicted molar refractivity (Wildman–Crippen MR) is 105 cm³/mol. The summed E-state index contributed by atoms with van der Waals surface area (Å²) in [4.78, 5) is 29.3. The molecule has 0 saturated carbocycles. The number of rotatable bonds is 3. The highest BCUT2D eigenvalue weighted by molar-refractivity contribution is 6.01. The van der Waals surface area contributed by atoms with Crippen molar-refractivity contribution in [3.8, 4) is 0 Å². The van der Waals surface area contributed by atoms with E-state index in [-0.39, 0.29) is 24.1 Å². The molecule has 0 radical (unpaired) electrons. The highest BCUT2D eigenvalue weighted by atomic mass is 19.1. The molecule has 2 aromatic rings. The summed E-state index contributed by atoms with van der Waals surface area (Å²) in [6.45, 7) is 3.44. The fourth-order valence-corrected chi connectivity index (χ4v) is 4.08. The Morgan fingerprint density at radius 3 is 2.55 bits per heavy atom. The maximum absolute atomic E-state index is 13.5. The van der Waals surface area contributed by atoms with Crippen molar-refractivity contribution in [1.82, 2.24) is 9.80 Å². The zero-order chi connectivity index (χ0) is 20.4. The van der Waals surface area contributed by atoms with Crippen LogP contribution in [0.4, 0.5) is 14.5 Å². The van der Waals surface area contributed by atoms with Crippen molar-refractivity contribution < 1.29 is 18.4 Å². The van der Waals surface area contributed by atoms with Crippen LogP contribution in [-0.4, -0.2) is 47.8 Å². The molecule has 2 heterocycles. The number of carbonyl (C=O) groups is 2. The van der Waals surface area contributed by atoms with Crippen molar-refractivity contribution in [2.45, 2.75) is 25.3 Å². The molecule has 4 rings (SSSR count). The van der Waals surface area contributed by atoms with E-state index in [0.717, 1.165) is 18.5 Å². The molecular weight excluding hydrogens is 376 g/mol. The van der Waals surface area contributed by atoms with Gasteiger partial charge >= 0.3 is 0 Å². The molecule has 2 aliphatic rings. The van der Waals surface area contributed by atoms with Crippen LogP contribution in [0.1, 0.15) is 29.9 Å². The first-order valence-corrected chi connectivity index (χ1v) is 9.84. The summed E-state index contributed by atoms with van der Waals surface area (Å²) in [7, 11) is 0. The van der Waals surface area contributed by atoms with Gasteiger partial charge < -0.3 is 10.2 Å². The highest BCUT2D eigenvalue weighted by Gasteiger charge is 2.34. The molecule has 0 aliphatic carbocycles. The first-order valence-electron chi connectivity index (χ1n) is 9.84. The van der Waals surface area contributed by atoms with Crippen molar-refractivity contribution in [3.05, 3.63) is 65.2 Å². The van der Waals surface area contributed by atoms with Gasteiger partial charge in [-0.25, -0.2) is 8.78 Å². The van der Waals surface area contributed by atoms with Gasteiger partial charge in [0.1, 0.15) is 11.6 Å². The lowest BCUT2D eigenvalue weighted by atomic mass is 9.89. The maximum atomic E-state index is 13.5. The van der Waals surface area contributed by atoms with Gasteiger partial charge in [0.15, 0.2) is 0 Å². The van der Waals surface area contributed by atoms with E-state index in [1.807, 2.05) is 0 Å². The SMILES string of the molecule is O=C1CC(C(=O)N2CCCN(Cc3ccc(F)cc3)CC2)c2ccc(F)cc2N1. The molecule has 1 atom stereocenters. The average molecular weight is 399 g/mol. The summed E-state index contributed by atoms with van der Waals surface area (Å²) >= 11 is 0. The highest BCUT2D eigenvalue weighted by Crippen LogP contribution is 2.34. The van der Waals surface area contributed by atoms with Crippen LogP contribution in [0.15, 0.2) is 42.5 Å². The van der Waals surface area contributed by atoms with Gasteiger partial charge in [0.2, 0.25) is 11.8 Å². The van der Waals surface area contributed by atoms with Crippen LogP contribution in [0.5, 0.6) is 0 Å². The maximum Gasteiger partial charge on any atom is 0.230 e. The summed E-state index contributed by atoms with van der Waals surface area (Å²) in [6.07, 6.45) is 0.898. The third kappa shape index (κ3) is 4.45. The molecule has 1 fully saturated rings. The molecule has 0 bridgehead atoms. The number of nitrogens with one attached hydrogen (secondary N) is 1. The topological polar surface area (TPSA) is 52.7 Å². The second-order valence-electron chi connectivity index (χ2n) is 7.62. The van der Waals surface area contributed by atoms with Crippen LogP contribution in [0.3, 0.4) is 0 Å². The van der Waals surface area contributed by atoms with Gasteiger partial charge in [0, 0.05) is 44.8 Å². The summed E-state index contributed by atoms with van der Waals surface area (Å²) in [6, 6.07) is 10.6. The molecular formula is C22H23F2N3O2. The van der Waals surface area contributed by atoms with E-state index in [4.69, 9.17) is 0 Å². The van der Waals surface area contributed by atoms with Crippen molar-refractivity contribution in [3.63, 3.8) is 0 Å². The van der Waals surface area contributed by atoms with Crippen LogP contribution in [-0.2, 0) is 16.1 Å². The van der Waals surface area contributed by atoms with Gasteiger partial charge in [-0.05, 0) is 41.8 Å². The number of nitrogens with zero attached hydrogens (tertiary/aromatic N) is 2. The van der Waals surface area contributed by atoms with Gasteiger partial charge in [-0.15, -0.1) is 0 Å². The monoisotopic (exact) mass is 399 g/mol. The van der Waals surface area contributed by atoms with E-state index in [1.54, 1.807) is 23.1 Å².